The number of anilines is 1. The molecule has 0 spiro atoms. The topological polar surface area (TPSA) is 99.9 Å². The van der Waals surface area contributed by atoms with Crippen molar-refractivity contribution in [1.82, 2.24) is 25.9 Å². The number of nitrogens with zero attached hydrogens (tertiary/aromatic N) is 4. The lowest BCUT2D eigenvalue weighted by Gasteiger charge is -2.24. The molecule has 3 heterocycles. The molecule has 0 fully saturated rings. The van der Waals surface area contributed by atoms with E-state index in [0.717, 1.165) is 6.42 Å². The highest BCUT2D eigenvalue weighted by Crippen LogP contribution is 2.33. The molecule has 25 heavy (non-hydrogen) atoms. The van der Waals surface area contributed by atoms with Crippen molar-refractivity contribution in [3.8, 4) is 0 Å². The summed E-state index contributed by atoms with van der Waals surface area (Å²) < 4.78 is 5.60. The van der Waals surface area contributed by atoms with Crippen LogP contribution < -0.4 is 10.2 Å². The van der Waals surface area contributed by atoms with E-state index >= 15 is 0 Å². The van der Waals surface area contributed by atoms with E-state index in [1.807, 2.05) is 6.07 Å². The zero-order valence-electron chi connectivity index (χ0n) is 13.8. The summed E-state index contributed by atoms with van der Waals surface area (Å²) in [6.45, 7) is 2.94. The molecule has 8 nitrogen and oxygen atoms in total. The van der Waals surface area contributed by atoms with Crippen LogP contribution in [0.15, 0.2) is 41.0 Å². The van der Waals surface area contributed by atoms with E-state index in [1.165, 1.54) is 11.3 Å². The number of aromatic amines is 1. The summed E-state index contributed by atoms with van der Waals surface area (Å²) in [5.74, 6) is 0.864. The molecule has 0 bridgehead atoms. The quantitative estimate of drug-likeness (QED) is 0.734. The van der Waals surface area contributed by atoms with Crippen LogP contribution in [0.3, 0.4) is 0 Å². The van der Waals surface area contributed by atoms with Gasteiger partial charge in [0, 0.05) is 11.7 Å². The van der Waals surface area contributed by atoms with Crippen LogP contribution in [0.4, 0.5) is 5.69 Å². The third-order valence-electron chi connectivity index (χ3n) is 4.45. The number of hydrogen-bond acceptors (Lipinski definition) is 6. The van der Waals surface area contributed by atoms with E-state index in [4.69, 9.17) is 4.42 Å². The van der Waals surface area contributed by atoms with Crippen LogP contribution >= 0.6 is 0 Å². The van der Waals surface area contributed by atoms with Gasteiger partial charge in [-0.1, -0.05) is 23.4 Å². The Morgan fingerprint density at radius 1 is 1.40 bits per heavy atom. The number of amides is 1. The number of H-pyrrole nitrogens is 1. The summed E-state index contributed by atoms with van der Waals surface area (Å²) in [5, 5.41) is 16.2. The SMILES string of the molecule is CC1Cc2ccccc2N1Cc1occc1C(=O)NCc1nn[nH]n1. The van der Waals surface area contributed by atoms with E-state index in [-0.39, 0.29) is 12.5 Å². The van der Waals surface area contributed by atoms with Crippen molar-refractivity contribution in [1.29, 1.82) is 0 Å². The number of benzene rings is 1. The minimum atomic E-state index is -0.214. The Morgan fingerprint density at radius 3 is 3.12 bits per heavy atom. The van der Waals surface area contributed by atoms with Gasteiger partial charge < -0.3 is 14.6 Å². The molecule has 2 aromatic heterocycles. The zero-order valence-corrected chi connectivity index (χ0v) is 13.8. The fourth-order valence-electron chi connectivity index (χ4n) is 3.20. The third kappa shape index (κ3) is 2.98. The van der Waals surface area contributed by atoms with Crippen LogP contribution in [0.2, 0.25) is 0 Å². The molecule has 0 saturated carbocycles. The number of nitrogens with one attached hydrogen (secondary N) is 2. The van der Waals surface area contributed by atoms with Crippen LogP contribution in [0, 0.1) is 0 Å². The molecule has 3 aromatic rings. The van der Waals surface area contributed by atoms with Crippen LogP contribution in [-0.2, 0) is 19.5 Å². The maximum absolute atomic E-state index is 12.4. The lowest BCUT2D eigenvalue weighted by molar-refractivity contribution is 0.0948. The Hall–Kier alpha value is -3.16. The van der Waals surface area contributed by atoms with E-state index < -0.39 is 0 Å². The maximum Gasteiger partial charge on any atom is 0.255 e. The fourth-order valence-corrected chi connectivity index (χ4v) is 3.20. The summed E-state index contributed by atoms with van der Waals surface area (Å²) in [4.78, 5) is 14.7. The first-order chi connectivity index (χ1) is 12.2. The molecule has 1 aliphatic heterocycles. The summed E-state index contributed by atoms with van der Waals surface area (Å²) in [7, 11) is 0. The highest BCUT2D eigenvalue weighted by atomic mass is 16.3. The van der Waals surface area contributed by atoms with Gasteiger partial charge in [-0.15, -0.1) is 10.2 Å². The van der Waals surface area contributed by atoms with Gasteiger partial charge in [0.1, 0.15) is 5.76 Å². The first-order valence-corrected chi connectivity index (χ1v) is 8.14. The second-order valence-electron chi connectivity index (χ2n) is 6.08. The minimum Gasteiger partial charge on any atom is -0.467 e. The van der Waals surface area contributed by atoms with Gasteiger partial charge in [-0.25, -0.2) is 0 Å². The number of furan rings is 1. The van der Waals surface area contributed by atoms with Crippen LogP contribution in [0.1, 0.15) is 34.4 Å². The van der Waals surface area contributed by atoms with Gasteiger partial charge in [-0.3, -0.25) is 4.79 Å². The van der Waals surface area contributed by atoms with Gasteiger partial charge in [0.15, 0.2) is 5.82 Å². The average molecular weight is 338 g/mol. The molecule has 4 rings (SSSR count). The molecule has 2 N–H and O–H groups in total. The Labute approximate surface area is 144 Å². The number of aromatic nitrogens is 4. The number of fused-ring (bicyclic) bond motifs is 1. The van der Waals surface area contributed by atoms with Gasteiger partial charge in [0.25, 0.3) is 5.91 Å². The molecule has 1 aliphatic rings. The molecule has 128 valence electrons. The number of tetrazole rings is 1. The van der Waals surface area contributed by atoms with Crippen molar-refractivity contribution in [2.24, 2.45) is 0 Å². The Morgan fingerprint density at radius 2 is 2.28 bits per heavy atom. The standard InChI is InChI=1S/C17H18N6O2/c1-11-8-12-4-2-3-5-14(12)23(11)10-15-13(6-7-25-15)17(24)18-9-16-19-21-22-20-16/h2-7,11H,8-10H2,1H3,(H,18,24)(H,19,20,21,22). The van der Waals surface area contributed by atoms with Gasteiger partial charge in [-0.05, 0) is 31.0 Å². The van der Waals surface area contributed by atoms with Crippen LogP contribution in [0.25, 0.3) is 0 Å². The molecule has 1 unspecified atom stereocenters. The molecular formula is C17H18N6O2. The molecule has 1 amide bonds. The Balaban J connectivity index is 1.49. The monoisotopic (exact) mass is 338 g/mol. The maximum atomic E-state index is 12.4. The summed E-state index contributed by atoms with van der Waals surface area (Å²) in [5.41, 5.74) is 3.05. The van der Waals surface area contributed by atoms with Crippen molar-refractivity contribution in [2.75, 3.05) is 4.90 Å². The van der Waals surface area contributed by atoms with Crippen molar-refractivity contribution < 1.29 is 9.21 Å². The Kier molecular flexibility index (Phi) is 3.93. The number of carbonyl (C=O) groups excluding carboxylic acids is 1. The molecule has 0 radical (unpaired) electrons. The zero-order chi connectivity index (χ0) is 17.2. The van der Waals surface area contributed by atoms with E-state index in [9.17, 15) is 4.79 Å². The smallest absolute Gasteiger partial charge is 0.255 e. The van der Waals surface area contributed by atoms with E-state index in [2.05, 4.69) is 56.0 Å². The first-order valence-electron chi connectivity index (χ1n) is 8.14. The molecular weight excluding hydrogens is 320 g/mol. The lowest BCUT2D eigenvalue weighted by Crippen LogP contribution is -2.30. The van der Waals surface area contributed by atoms with Crippen molar-refractivity contribution in [3.05, 3.63) is 59.3 Å². The second kappa shape index (κ2) is 6.39. The predicted octanol–water partition coefficient (Wildman–Crippen LogP) is 1.67. The van der Waals surface area contributed by atoms with Gasteiger partial charge in [-0.2, -0.15) is 5.21 Å². The van der Waals surface area contributed by atoms with Crippen LogP contribution in [-0.4, -0.2) is 32.6 Å². The molecule has 8 heteroatoms. The van der Waals surface area contributed by atoms with Crippen molar-refractivity contribution >= 4 is 11.6 Å². The lowest BCUT2D eigenvalue weighted by atomic mass is 10.1. The largest absolute Gasteiger partial charge is 0.467 e. The summed E-state index contributed by atoms with van der Waals surface area (Å²) in [6, 6.07) is 10.4. The van der Waals surface area contributed by atoms with Crippen LogP contribution in [0.5, 0.6) is 0 Å². The first kappa shape index (κ1) is 15.4. The average Bonchev–Trinajstić information content (AvgIpc) is 3.34. The highest BCUT2D eigenvalue weighted by molar-refractivity contribution is 5.95. The molecule has 1 aromatic carbocycles. The van der Waals surface area contributed by atoms with Gasteiger partial charge in [0.2, 0.25) is 0 Å². The minimum absolute atomic E-state index is 0.211. The highest BCUT2D eigenvalue weighted by Gasteiger charge is 2.27. The normalized spacial score (nSPS) is 16.0. The third-order valence-corrected chi connectivity index (χ3v) is 4.45. The van der Waals surface area contributed by atoms with Crippen molar-refractivity contribution in [2.45, 2.75) is 32.5 Å². The predicted molar refractivity (Wildman–Crippen MR) is 89.8 cm³/mol. The van der Waals surface area contributed by atoms with E-state index in [1.54, 1.807) is 12.3 Å². The number of para-hydroxylation sites is 1. The molecule has 0 aliphatic carbocycles. The van der Waals surface area contributed by atoms with Gasteiger partial charge >= 0.3 is 0 Å². The summed E-state index contributed by atoms with van der Waals surface area (Å²) >= 11 is 0. The number of hydrogen-bond donors (Lipinski definition) is 2. The number of carbonyl (C=O) groups is 1. The number of rotatable bonds is 5. The van der Waals surface area contributed by atoms with E-state index in [0.29, 0.717) is 29.7 Å². The molecule has 1 atom stereocenters. The molecule has 0 saturated heterocycles. The fraction of sp³-hybridized carbons (Fsp3) is 0.294. The second-order valence-corrected chi connectivity index (χ2v) is 6.08. The van der Waals surface area contributed by atoms with Gasteiger partial charge in [0.05, 0.1) is 24.9 Å². The Bertz CT molecular complexity index is 873. The summed E-state index contributed by atoms with van der Waals surface area (Å²) in [6.07, 6.45) is 2.54. The van der Waals surface area contributed by atoms with Crippen molar-refractivity contribution in [3.63, 3.8) is 0 Å².